The van der Waals surface area contributed by atoms with Crippen LogP contribution in [0.15, 0.2) is 24.3 Å². The summed E-state index contributed by atoms with van der Waals surface area (Å²) >= 11 is 0. The van der Waals surface area contributed by atoms with E-state index in [0.29, 0.717) is 12.0 Å². The van der Waals surface area contributed by atoms with E-state index in [1.807, 2.05) is 12.1 Å². The van der Waals surface area contributed by atoms with Gasteiger partial charge >= 0.3 is 0 Å². The van der Waals surface area contributed by atoms with Gasteiger partial charge in [-0.05, 0) is 37.7 Å². The van der Waals surface area contributed by atoms with E-state index in [1.54, 1.807) is 7.11 Å². The summed E-state index contributed by atoms with van der Waals surface area (Å²) in [5, 5.41) is 3.62. The third-order valence-corrected chi connectivity index (χ3v) is 3.09. The van der Waals surface area contributed by atoms with Crippen LogP contribution in [-0.2, 0) is 6.54 Å². The van der Waals surface area contributed by atoms with Crippen molar-refractivity contribution in [3.8, 4) is 5.75 Å². The van der Waals surface area contributed by atoms with Crippen LogP contribution in [0.3, 0.4) is 0 Å². The fourth-order valence-corrected chi connectivity index (χ4v) is 1.90. The molecule has 102 valence electrons. The summed E-state index contributed by atoms with van der Waals surface area (Å²) in [5.74, 6) is 1.54. The van der Waals surface area contributed by atoms with Crippen molar-refractivity contribution in [3.05, 3.63) is 29.8 Å². The quantitative estimate of drug-likeness (QED) is 0.804. The Morgan fingerprint density at radius 2 is 1.78 bits per heavy atom. The largest absolute Gasteiger partial charge is 0.497 e. The van der Waals surface area contributed by atoms with Gasteiger partial charge in [0.05, 0.1) is 7.11 Å². The van der Waals surface area contributed by atoms with E-state index in [-0.39, 0.29) is 0 Å². The average Bonchev–Trinajstić information content (AvgIpc) is 2.34. The Morgan fingerprint density at radius 3 is 2.22 bits per heavy atom. The summed E-state index contributed by atoms with van der Waals surface area (Å²) in [6.45, 7) is 6.48. The number of nitrogens with zero attached hydrogens (tertiary/aromatic N) is 1. The smallest absolute Gasteiger partial charge is 0.118 e. The molecule has 3 nitrogen and oxygen atoms in total. The Kier molecular flexibility index (Phi) is 6.16. The molecule has 18 heavy (non-hydrogen) atoms. The molecular formula is C15H26N2O. The second kappa shape index (κ2) is 7.39. The van der Waals surface area contributed by atoms with Crippen LogP contribution in [0, 0.1) is 5.92 Å². The molecule has 0 spiro atoms. The predicted molar refractivity (Wildman–Crippen MR) is 77.0 cm³/mol. The highest BCUT2D eigenvalue weighted by atomic mass is 16.5. The van der Waals surface area contributed by atoms with Crippen molar-refractivity contribution in [2.75, 3.05) is 27.7 Å². The maximum atomic E-state index is 5.16. The highest BCUT2D eigenvalue weighted by Crippen LogP contribution is 2.12. The van der Waals surface area contributed by atoms with Crippen molar-refractivity contribution in [1.82, 2.24) is 10.2 Å². The Hall–Kier alpha value is -1.06. The first-order valence-corrected chi connectivity index (χ1v) is 6.54. The summed E-state index contributed by atoms with van der Waals surface area (Å²) in [5.41, 5.74) is 1.29. The van der Waals surface area contributed by atoms with Crippen LogP contribution in [0.5, 0.6) is 5.75 Å². The molecule has 0 saturated heterocycles. The van der Waals surface area contributed by atoms with E-state index in [2.05, 4.69) is 50.3 Å². The Labute approximate surface area is 111 Å². The van der Waals surface area contributed by atoms with Crippen molar-refractivity contribution in [3.63, 3.8) is 0 Å². The third-order valence-electron chi connectivity index (χ3n) is 3.09. The van der Waals surface area contributed by atoms with Gasteiger partial charge in [-0.3, -0.25) is 0 Å². The van der Waals surface area contributed by atoms with Gasteiger partial charge in [0.1, 0.15) is 5.75 Å². The molecule has 0 fully saturated rings. The molecule has 3 heteroatoms. The third kappa shape index (κ3) is 5.07. The lowest BCUT2D eigenvalue weighted by Gasteiger charge is -2.25. The topological polar surface area (TPSA) is 24.5 Å². The Morgan fingerprint density at radius 1 is 1.17 bits per heavy atom. The first-order valence-electron chi connectivity index (χ1n) is 6.54. The number of hydrogen-bond donors (Lipinski definition) is 1. The molecule has 0 bridgehead atoms. The number of rotatable bonds is 7. The highest BCUT2D eigenvalue weighted by Gasteiger charge is 2.13. The van der Waals surface area contributed by atoms with E-state index >= 15 is 0 Å². The zero-order valence-electron chi connectivity index (χ0n) is 12.2. The first-order chi connectivity index (χ1) is 8.52. The molecule has 0 aliphatic carbocycles. The molecule has 0 aliphatic rings. The van der Waals surface area contributed by atoms with Crippen LogP contribution in [0.2, 0.25) is 0 Å². The van der Waals surface area contributed by atoms with Crippen molar-refractivity contribution in [2.24, 2.45) is 5.92 Å². The minimum atomic E-state index is 0.516. The molecule has 1 atom stereocenters. The Bertz CT molecular complexity index is 333. The summed E-state index contributed by atoms with van der Waals surface area (Å²) < 4.78 is 5.16. The first kappa shape index (κ1) is 15.0. The maximum Gasteiger partial charge on any atom is 0.118 e. The van der Waals surface area contributed by atoms with E-state index in [9.17, 15) is 0 Å². The molecule has 1 unspecified atom stereocenters. The van der Waals surface area contributed by atoms with Gasteiger partial charge in [0.15, 0.2) is 0 Å². The van der Waals surface area contributed by atoms with Crippen LogP contribution in [-0.4, -0.2) is 38.7 Å². The fraction of sp³-hybridized carbons (Fsp3) is 0.600. The SMILES string of the molecule is COc1ccc(CNC(CN(C)C)C(C)C)cc1. The molecule has 0 aliphatic heterocycles. The van der Waals surface area contributed by atoms with E-state index < -0.39 is 0 Å². The molecule has 1 N–H and O–H groups in total. The lowest BCUT2D eigenvalue weighted by molar-refractivity contribution is 0.288. The van der Waals surface area contributed by atoms with Crippen LogP contribution in [0.25, 0.3) is 0 Å². The summed E-state index contributed by atoms with van der Waals surface area (Å²) in [7, 11) is 5.92. The van der Waals surface area contributed by atoms with Gasteiger partial charge in [0, 0.05) is 19.1 Å². The van der Waals surface area contributed by atoms with Crippen LogP contribution in [0.1, 0.15) is 19.4 Å². The highest BCUT2D eigenvalue weighted by molar-refractivity contribution is 5.27. The lowest BCUT2D eigenvalue weighted by Crippen LogP contribution is -2.41. The molecule has 0 heterocycles. The van der Waals surface area contributed by atoms with Gasteiger partial charge < -0.3 is 15.0 Å². The van der Waals surface area contributed by atoms with Crippen LogP contribution < -0.4 is 10.1 Å². The van der Waals surface area contributed by atoms with Crippen LogP contribution in [0.4, 0.5) is 0 Å². The predicted octanol–water partition coefficient (Wildman–Crippen LogP) is 2.37. The van der Waals surface area contributed by atoms with Gasteiger partial charge in [-0.1, -0.05) is 26.0 Å². The van der Waals surface area contributed by atoms with Crippen molar-refractivity contribution < 1.29 is 4.74 Å². The molecule has 0 radical (unpaired) electrons. The van der Waals surface area contributed by atoms with Gasteiger partial charge in [0.25, 0.3) is 0 Å². The number of benzene rings is 1. The van der Waals surface area contributed by atoms with Crippen molar-refractivity contribution in [1.29, 1.82) is 0 Å². The summed E-state index contributed by atoms with van der Waals surface area (Å²) in [6.07, 6.45) is 0. The van der Waals surface area contributed by atoms with Gasteiger partial charge in [0.2, 0.25) is 0 Å². The summed E-state index contributed by atoms with van der Waals surface area (Å²) in [6, 6.07) is 8.75. The van der Waals surface area contributed by atoms with E-state index in [0.717, 1.165) is 18.8 Å². The fourth-order valence-electron chi connectivity index (χ4n) is 1.90. The monoisotopic (exact) mass is 250 g/mol. The molecular weight excluding hydrogens is 224 g/mol. The van der Waals surface area contributed by atoms with E-state index in [1.165, 1.54) is 5.56 Å². The van der Waals surface area contributed by atoms with E-state index in [4.69, 9.17) is 4.74 Å². The van der Waals surface area contributed by atoms with Gasteiger partial charge in [-0.15, -0.1) is 0 Å². The molecule has 1 rings (SSSR count). The zero-order valence-corrected chi connectivity index (χ0v) is 12.2. The molecule has 0 aromatic heterocycles. The maximum absolute atomic E-state index is 5.16. The molecule has 1 aromatic carbocycles. The van der Waals surface area contributed by atoms with Gasteiger partial charge in [-0.2, -0.15) is 0 Å². The normalized spacial score (nSPS) is 13.1. The van der Waals surface area contributed by atoms with Gasteiger partial charge in [-0.25, -0.2) is 0 Å². The Balaban J connectivity index is 2.50. The van der Waals surface area contributed by atoms with Crippen LogP contribution >= 0.6 is 0 Å². The van der Waals surface area contributed by atoms with Crippen molar-refractivity contribution >= 4 is 0 Å². The number of nitrogens with one attached hydrogen (secondary N) is 1. The number of hydrogen-bond acceptors (Lipinski definition) is 3. The second-order valence-corrected chi connectivity index (χ2v) is 5.34. The number of likely N-dealkylation sites (N-methyl/N-ethyl adjacent to an activating group) is 1. The minimum absolute atomic E-state index is 0.516. The number of ether oxygens (including phenoxy) is 1. The number of methoxy groups -OCH3 is 1. The molecule has 0 saturated carbocycles. The average molecular weight is 250 g/mol. The lowest BCUT2D eigenvalue weighted by atomic mass is 10.0. The second-order valence-electron chi connectivity index (χ2n) is 5.34. The zero-order chi connectivity index (χ0) is 13.5. The minimum Gasteiger partial charge on any atom is -0.497 e. The van der Waals surface area contributed by atoms with Crippen molar-refractivity contribution in [2.45, 2.75) is 26.4 Å². The molecule has 1 aromatic rings. The molecule has 0 amide bonds. The summed E-state index contributed by atoms with van der Waals surface area (Å²) in [4.78, 5) is 2.23. The standard InChI is InChI=1S/C15H26N2O/c1-12(2)15(11-17(3)4)16-10-13-6-8-14(18-5)9-7-13/h6-9,12,15-16H,10-11H2,1-5H3.